The molecule has 1 N–H and O–H groups in total. The maximum atomic E-state index is 10.4. The van der Waals surface area contributed by atoms with Crippen molar-refractivity contribution < 1.29 is 9.53 Å². The van der Waals surface area contributed by atoms with Gasteiger partial charge in [0, 0.05) is 17.4 Å². The average molecular weight is 347 g/mol. The third-order valence-electron chi connectivity index (χ3n) is 3.59. The van der Waals surface area contributed by atoms with Crippen LogP contribution in [0.1, 0.15) is 32.9 Å². The molecule has 0 bridgehead atoms. The van der Waals surface area contributed by atoms with Crippen molar-refractivity contribution in [3.63, 3.8) is 0 Å². The highest BCUT2D eigenvalue weighted by Gasteiger charge is 2.24. The van der Waals surface area contributed by atoms with Crippen LogP contribution >= 0.6 is 11.6 Å². The van der Waals surface area contributed by atoms with Gasteiger partial charge in [-0.2, -0.15) is 4.63 Å². The topological polar surface area (TPSA) is 72.3 Å². The monoisotopic (exact) mass is 346 g/mol. The van der Waals surface area contributed by atoms with Gasteiger partial charge in [-0.05, 0) is 12.1 Å². The lowest BCUT2D eigenvalue weighted by Crippen LogP contribution is -2.12. The Hall–Kier alpha value is -2.34. The summed E-state index contributed by atoms with van der Waals surface area (Å²) in [5, 5.41) is 8.24. The summed E-state index contributed by atoms with van der Waals surface area (Å²) in [4.78, 5) is 14.9. The van der Waals surface area contributed by atoms with E-state index in [0.29, 0.717) is 35.3 Å². The van der Waals surface area contributed by atoms with Gasteiger partial charge in [-0.1, -0.05) is 44.5 Å². The van der Waals surface area contributed by atoms with Crippen molar-refractivity contribution >= 4 is 23.5 Å². The van der Waals surface area contributed by atoms with Crippen molar-refractivity contribution in [2.24, 2.45) is 0 Å². The summed E-state index contributed by atoms with van der Waals surface area (Å²) in [6.45, 7) is 6.58. The number of aromatic amines is 1. The lowest BCUT2D eigenvalue weighted by molar-refractivity contribution is -0.108. The molecule has 0 fully saturated rings. The molecule has 0 amide bonds. The number of rotatable bonds is 5. The first-order valence-corrected chi connectivity index (χ1v) is 8.09. The molecule has 3 rings (SSSR count). The van der Waals surface area contributed by atoms with Gasteiger partial charge < -0.3 is 9.53 Å². The second-order valence-electron chi connectivity index (χ2n) is 6.55. The van der Waals surface area contributed by atoms with E-state index in [-0.39, 0.29) is 5.41 Å². The normalized spacial score (nSPS) is 11.8. The molecule has 0 aliphatic carbocycles. The number of hydrogen-bond acceptors (Lipinski definition) is 4. The number of halogens is 1. The smallest absolute Gasteiger partial charge is 0.194 e. The first-order chi connectivity index (χ1) is 11.4. The molecule has 2 aromatic heterocycles. The fourth-order valence-electron chi connectivity index (χ4n) is 2.37. The van der Waals surface area contributed by atoms with Crippen LogP contribution in [-0.4, -0.2) is 32.7 Å². The summed E-state index contributed by atoms with van der Waals surface area (Å²) < 4.78 is 7.12. The van der Waals surface area contributed by atoms with Crippen LogP contribution in [0.15, 0.2) is 24.3 Å². The van der Waals surface area contributed by atoms with Crippen LogP contribution in [0.5, 0.6) is 5.75 Å². The van der Waals surface area contributed by atoms with E-state index in [1.807, 2.05) is 24.3 Å². The number of aromatic nitrogens is 4. The van der Waals surface area contributed by atoms with Crippen molar-refractivity contribution in [1.29, 1.82) is 0 Å². The van der Waals surface area contributed by atoms with E-state index >= 15 is 0 Å². The number of nitrogens with zero attached hydrogens (tertiary/aromatic N) is 3. The Morgan fingerprint density at radius 3 is 2.83 bits per heavy atom. The number of carbonyl (C=O) groups excluding carboxylic acids is 1. The summed E-state index contributed by atoms with van der Waals surface area (Å²) in [5.74, 6) is 1.23. The van der Waals surface area contributed by atoms with Crippen LogP contribution in [0.2, 0.25) is 5.02 Å². The van der Waals surface area contributed by atoms with E-state index in [1.54, 1.807) is 4.63 Å². The highest BCUT2D eigenvalue weighted by molar-refractivity contribution is 6.34. The van der Waals surface area contributed by atoms with E-state index in [2.05, 4.69) is 36.0 Å². The summed E-state index contributed by atoms with van der Waals surface area (Å²) in [7, 11) is 0. The van der Waals surface area contributed by atoms with E-state index in [0.717, 1.165) is 17.5 Å². The van der Waals surface area contributed by atoms with Crippen LogP contribution in [-0.2, 0) is 10.2 Å². The summed E-state index contributed by atoms with van der Waals surface area (Å²) in [5.41, 5.74) is 2.20. The second-order valence-corrected chi connectivity index (χ2v) is 6.93. The van der Waals surface area contributed by atoms with Gasteiger partial charge in [0.1, 0.15) is 17.1 Å². The Bertz CT molecular complexity index is 876. The van der Waals surface area contributed by atoms with Gasteiger partial charge >= 0.3 is 0 Å². The largest absolute Gasteiger partial charge is 0.493 e. The number of fused-ring (bicyclic) bond motifs is 1. The van der Waals surface area contributed by atoms with Crippen LogP contribution in [0.4, 0.5) is 0 Å². The Morgan fingerprint density at radius 1 is 1.38 bits per heavy atom. The van der Waals surface area contributed by atoms with E-state index in [9.17, 15) is 4.79 Å². The highest BCUT2D eigenvalue weighted by Crippen LogP contribution is 2.32. The van der Waals surface area contributed by atoms with Gasteiger partial charge in [-0.25, -0.2) is 4.98 Å². The van der Waals surface area contributed by atoms with E-state index in [1.165, 1.54) is 0 Å². The van der Waals surface area contributed by atoms with Crippen LogP contribution < -0.4 is 4.74 Å². The molecule has 2 heterocycles. The van der Waals surface area contributed by atoms with Gasteiger partial charge in [-0.3, -0.25) is 5.10 Å². The predicted octanol–water partition coefficient (Wildman–Crippen LogP) is 3.64. The van der Waals surface area contributed by atoms with Crippen LogP contribution in [0.25, 0.3) is 17.0 Å². The first kappa shape index (κ1) is 16.5. The number of ether oxygens (including phenoxy) is 1. The quantitative estimate of drug-likeness (QED) is 0.565. The van der Waals surface area contributed by atoms with Crippen LogP contribution in [0, 0.1) is 0 Å². The molecule has 0 saturated carbocycles. The summed E-state index contributed by atoms with van der Waals surface area (Å²) in [6, 6.07) is 7.45. The molecule has 7 heteroatoms. The van der Waals surface area contributed by atoms with Gasteiger partial charge in [0.15, 0.2) is 11.5 Å². The molecule has 0 aliphatic heterocycles. The summed E-state index contributed by atoms with van der Waals surface area (Å²) in [6.07, 6.45) is 1.19. The molecule has 0 spiro atoms. The number of carbonyl (C=O) groups is 1. The van der Waals surface area contributed by atoms with E-state index in [4.69, 9.17) is 16.3 Å². The minimum atomic E-state index is -0.119. The lowest BCUT2D eigenvalue weighted by atomic mass is 9.92. The standard InChI is InChI=1S/C17H19ClN4O2/c1-17(2,3)14-13(18)16-19-15(21-22(16)20-14)11-6-4-7-12(10-11)24-9-5-8-23/h4,6-8,10,20H,5,9H2,1-3H3. The molecule has 3 aromatic rings. The van der Waals surface area contributed by atoms with Gasteiger partial charge in [0.05, 0.1) is 12.3 Å². The zero-order valence-corrected chi connectivity index (χ0v) is 14.6. The zero-order chi connectivity index (χ0) is 17.3. The maximum absolute atomic E-state index is 10.4. The van der Waals surface area contributed by atoms with Gasteiger partial charge in [0.2, 0.25) is 0 Å². The predicted molar refractivity (Wildman–Crippen MR) is 92.7 cm³/mol. The van der Waals surface area contributed by atoms with Crippen molar-refractivity contribution in [1.82, 2.24) is 19.8 Å². The van der Waals surface area contributed by atoms with Gasteiger partial charge in [-0.15, -0.1) is 5.10 Å². The molecule has 126 valence electrons. The minimum Gasteiger partial charge on any atom is -0.493 e. The van der Waals surface area contributed by atoms with Crippen molar-refractivity contribution in [3.05, 3.63) is 35.0 Å². The number of benzene rings is 1. The third-order valence-corrected chi connectivity index (χ3v) is 3.95. The Balaban J connectivity index is 1.93. The van der Waals surface area contributed by atoms with Crippen molar-refractivity contribution in [2.45, 2.75) is 32.6 Å². The second kappa shape index (κ2) is 6.28. The molecule has 6 nitrogen and oxygen atoms in total. The van der Waals surface area contributed by atoms with E-state index < -0.39 is 0 Å². The van der Waals surface area contributed by atoms with Crippen molar-refractivity contribution in [3.8, 4) is 17.1 Å². The molecule has 1 aromatic carbocycles. The number of H-pyrrole nitrogens is 1. The molecular formula is C17H19ClN4O2. The molecule has 0 saturated heterocycles. The van der Waals surface area contributed by atoms with Crippen LogP contribution in [0.3, 0.4) is 0 Å². The first-order valence-electron chi connectivity index (χ1n) is 7.72. The molecule has 0 atom stereocenters. The third kappa shape index (κ3) is 3.14. The molecule has 0 radical (unpaired) electrons. The Morgan fingerprint density at radius 2 is 2.17 bits per heavy atom. The number of aldehydes is 1. The van der Waals surface area contributed by atoms with Gasteiger partial charge in [0.25, 0.3) is 0 Å². The molecule has 0 unspecified atom stereocenters. The van der Waals surface area contributed by atoms with Crippen molar-refractivity contribution in [2.75, 3.05) is 6.61 Å². The summed E-state index contributed by atoms with van der Waals surface area (Å²) >= 11 is 6.45. The SMILES string of the molecule is CC(C)(C)c1[nH]n2nc(-c3cccc(OCCC=O)c3)nc2c1Cl. The number of hydrogen-bond donors (Lipinski definition) is 1. The fraction of sp³-hybridized carbons (Fsp3) is 0.353. The Labute approximate surface area is 144 Å². The zero-order valence-electron chi connectivity index (χ0n) is 13.8. The number of nitrogens with one attached hydrogen (secondary N) is 1. The minimum absolute atomic E-state index is 0.119. The fourth-order valence-corrected chi connectivity index (χ4v) is 2.82. The Kier molecular flexibility index (Phi) is 4.32. The molecule has 24 heavy (non-hydrogen) atoms. The highest BCUT2D eigenvalue weighted by atomic mass is 35.5. The maximum Gasteiger partial charge on any atom is 0.194 e. The molecule has 0 aliphatic rings. The average Bonchev–Trinajstić information content (AvgIpc) is 3.07. The lowest BCUT2D eigenvalue weighted by Gasteiger charge is -2.16. The molecular weight excluding hydrogens is 328 g/mol.